The maximum absolute atomic E-state index is 11.8. The monoisotopic (exact) mass is 254 g/mol. The second kappa shape index (κ2) is 4.74. The molecule has 19 heavy (non-hydrogen) atoms. The van der Waals surface area contributed by atoms with Gasteiger partial charge in [0, 0.05) is 11.3 Å². The number of aliphatic hydroxyl groups excluding tert-OH is 1. The summed E-state index contributed by atoms with van der Waals surface area (Å²) in [5.74, 6) is -0.0496. The summed E-state index contributed by atoms with van der Waals surface area (Å²) in [5.41, 5.74) is 3.42. The summed E-state index contributed by atoms with van der Waals surface area (Å²) in [5, 5.41) is 12.3. The number of carbonyl (C=O) groups is 1. The summed E-state index contributed by atoms with van der Waals surface area (Å²) in [6, 6.07) is 15.2. The molecule has 4 nitrogen and oxygen atoms in total. The van der Waals surface area contributed by atoms with Gasteiger partial charge in [-0.15, -0.1) is 0 Å². The van der Waals surface area contributed by atoms with Crippen molar-refractivity contribution < 1.29 is 9.90 Å². The number of rotatable bonds is 2. The Kier molecular flexibility index (Phi) is 2.93. The summed E-state index contributed by atoms with van der Waals surface area (Å²) in [7, 11) is 0. The molecule has 3 rings (SSSR count). The largest absolute Gasteiger partial charge is 0.392 e. The Hall–Kier alpha value is -2.33. The molecule has 0 aliphatic carbocycles. The number of hydrogen-bond donors (Lipinski definition) is 2. The predicted molar refractivity (Wildman–Crippen MR) is 74.4 cm³/mol. The molecule has 0 atom stereocenters. The van der Waals surface area contributed by atoms with Crippen LogP contribution in [0.1, 0.15) is 5.56 Å². The molecule has 1 heterocycles. The van der Waals surface area contributed by atoms with Crippen molar-refractivity contribution in [2.75, 3.05) is 16.8 Å². The quantitative estimate of drug-likeness (QED) is 0.864. The lowest BCUT2D eigenvalue weighted by Gasteiger charge is -2.32. The van der Waals surface area contributed by atoms with E-state index in [1.807, 2.05) is 53.4 Å². The number of fused-ring (bicyclic) bond motifs is 1. The van der Waals surface area contributed by atoms with Crippen molar-refractivity contribution in [1.82, 2.24) is 0 Å². The molecule has 0 aromatic heterocycles. The summed E-state index contributed by atoms with van der Waals surface area (Å²) in [4.78, 5) is 13.7. The zero-order valence-corrected chi connectivity index (χ0v) is 10.3. The van der Waals surface area contributed by atoms with Crippen molar-refractivity contribution in [2.45, 2.75) is 6.61 Å². The first kappa shape index (κ1) is 11.7. The number of aliphatic hydroxyl groups is 1. The Morgan fingerprint density at radius 1 is 1.05 bits per heavy atom. The lowest BCUT2D eigenvalue weighted by molar-refractivity contribution is -0.115. The minimum atomic E-state index is -0.0496. The highest BCUT2D eigenvalue weighted by molar-refractivity contribution is 6.03. The predicted octanol–water partition coefficient (Wildman–Crippen LogP) is 2.27. The second-order valence-corrected chi connectivity index (χ2v) is 4.44. The smallest absolute Gasteiger partial charge is 0.244 e. The van der Waals surface area contributed by atoms with Crippen molar-refractivity contribution in [1.29, 1.82) is 0 Å². The molecular weight excluding hydrogens is 240 g/mol. The van der Waals surface area contributed by atoms with Crippen molar-refractivity contribution >= 4 is 23.0 Å². The molecule has 96 valence electrons. The van der Waals surface area contributed by atoms with Crippen LogP contribution in [0, 0.1) is 0 Å². The third-order valence-corrected chi connectivity index (χ3v) is 3.22. The number of benzene rings is 2. The Balaban J connectivity index is 2.13. The normalized spacial score (nSPS) is 13.9. The highest BCUT2D eigenvalue weighted by Gasteiger charge is 2.23. The van der Waals surface area contributed by atoms with E-state index in [4.69, 9.17) is 0 Å². The van der Waals surface area contributed by atoms with Gasteiger partial charge in [0.2, 0.25) is 5.91 Å². The highest BCUT2D eigenvalue weighted by Crippen LogP contribution is 2.36. The Morgan fingerprint density at radius 3 is 2.53 bits per heavy atom. The van der Waals surface area contributed by atoms with E-state index in [-0.39, 0.29) is 19.1 Å². The van der Waals surface area contributed by atoms with Crippen LogP contribution < -0.4 is 10.2 Å². The molecular formula is C15H14N2O2. The average Bonchev–Trinajstić information content (AvgIpc) is 2.46. The third-order valence-electron chi connectivity index (χ3n) is 3.22. The Bertz CT molecular complexity index is 625. The van der Waals surface area contributed by atoms with E-state index >= 15 is 0 Å². The van der Waals surface area contributed by atoms with Crippen LogP contribution in [-0.4, -0.2) is 17.6 Å². The molecule has 0 fully saturated rings. The van der Waals surface area contributed by atoms with E-state index in [1.54, 1.807) is 0 Å². The van der Waals surface area contributed by atoms with Crippen LogP contribution in [0.15, 0.2) is 48.5 Å². The lowest BCUT2D eigenvalue weighted by Crippen LogP contribution is -2.35. The number of carbonyl (C=O) groups excluding carboxylic acids is 1. The fourth-order valence-electron chi connectivity index (χ4n) is 2.36. The molecule has 4 heteroatoms. The standard InChI is InChI=1S/C15H14N2O2/c18-10-11-5-1-3-7-13(11)17-9-15(19)16-12-6-2-4-8-14(12)17/h1-8,18H,9-10H2,(H,16,19). The van der Waals surface area contributed by atoms with Gasteiger partial charge in [0.1, 0.15) is 6.54 Å². The minimum Gasteiger partial charge on any atom is -0.392 e. The second-order valence-electron chi connectivity index (χ2n) is 4.44. The summed E-state index contributed by atoms with van der Waals surface area (Å²) >= 11 is 0. The Morgan fingerprint density at radius 2 is 1.74 bits per heavy atom. The van der Waals surface area contributed by atoms with Crippen LogP contribution in [-0.2, 0) is 11.4 Å². The minimum absolute atomic E-state index is 0.0452. The number of nitrogens with one attached hydrogen (secondary N) is 1. The zero-order valence-electron chi connectivity index (χ0n) is 10.3. The topological polar surface area (TPSA) is 52.6 Å². The maximum Gasteiger partial charge on any atom is 0.244 e. The number of hydrogen-bond acceptors (Lipinski definition) is 3. The van der Waals surface area contributed by atoms with Gasteiger partial charge in [-0.05, 0) is 18.2 Å². The van der Waals surface area contributed by atoms with Crippen LogP contribution in [0.2, 0.25) is 0 Å². The third kappa shape index (κ3) is 2.06. The van der Waals surface area contributed by atoms with Gasteiger partial charge in [-0.25, -0.2) is 0 Å². The number of amides is 1. The first-order valence-corrected chi connectivity index (χ1v) is 6.15. The summed E-state index contributed by atoms with van der Waals surface area (Å²) < 4.78 is 0. The lowest BCUT2D eigenvalue weighted by atomic mass is 10.1. The fourth-order valence-corrected chi connectivity index (χ4v) is 2.36. The van der Waals surface area contributed by atoms with E-state index in [0.29, 0.717) is 0 Å². The van der Waals surface area contributed by atoms with Crippen molar-refractivity contribution in [3.8, 4) is 0 Å². The molecule has 0 saturated carbocycles. The number of anilines is 3. The molecule has 2 N–H and O–H groups in total. The van der Waals surface area contributed by atoms with Crippen LogP contribution in [0.3, 0.4) is 0 Å². The van der Waals surface area contributed by atoms with Gasteiger partial charge < -0.3 is 15.3 Å². The van der Waals surface area contributed by atoms with Gasteiger partial charge in [-0.3, -0.25) is 4.79 Å². The fraction of sp³-hybridized carbons (Fsp3) is 0.133. The molecule has 0 unspecified atom stereocenters. The van der Waals surface area contributed by atoms with Crippen LogP contribution in [0.25, 0.3) is 0 Å². The van der Waals surface area contributed by atoms with Crippen molar-refractivity contribution in [2.24, 2.45) is 0 Å². The van der Waals surface area contributed by atoms with E-state index in [1.165, 1.54) is 0 Å². The van der Waals surface area contributed by atoms with E-state index in [0.717, 1.165) is 22.6 Å². The SMILES string of the molecule is O=C1CN(c2ccccc2CO)c2ccccc2N1. The van der Waals surface area contributed by atoms with E-state index in [9.17, 15) is 9.90 Å². The average molecular weight is 254 g/mol. The zero-order chi connectivity index (χ0) is 13.2. The van der Waals surface area contributed by atoms with Gasteiger partial charge in [-0.2, -0.15) is 0 Å². The molecule has 0 bridgehead atoms. The number of para-hydroxylation sites is 3. The summed E-state index contributed by atoms with van der Waals surface area (Å²) in [6.45, 7) is 0.213. The molecule has 0 saturated heterocycles. The molecule has 2 aromatic rings. The van der Waals surface area contributed by atoms with E-state index in [2.05, 4.69) is 5.32 Å². The van der Waals surface area contributed by atoms with Crippen molar-refractivity contribution in [3.05, 3.63) is 54.1 Å². The van der Waals surface area contributed by atoms with Gasteiger partial charge in [0.05, 0.1) is 18.0 Å². The van der Waals surface area contributed by atoms with Crippen LogP contribution in [0.4, 0.5) is 17.1 Å². The molecule has 0 spiro atoms. The first-order valence-electron chi connectivity index (χ1n) is 6.15. The molecule has 1 aliphatic heterocycles. The molecule has 0 radical (unpaired) electrons. The Labute approximate surface area is 111 Å². The van der Waals surface area contributed by atoms with E-state index < -0.39 is 0 Å². The van der Waals surface area contributed by atoms with Gasteiger partial charge in [0.15, 0.2) is 0 Å². The van der Waals surface area contributed by atoms with Crippen molar-refractivity contribution in [3.63, 3.8) is 0 Å². The van der Waals surface area contributed by atoms with Crippen LogP contribution >= 0.6 is 0 Å². The highest BCUT2D eigenvalue weighted by atomic mass is 16.3. The van der Waals surface area contributed by atoms with Gasteiger partial charge >= 0.3 is 0 Å². The first-order chi connectivity index (χ1) is 9.29. The summed E-state index contributed by atoms with van der Waals surface area (Å²) in [6.07, 6.45) is 0. The molecule has 1 amide bonds. The van der Waals surface area contributed by atoms with Gasteiger partial charge in [0.25, 0.3) is 0 Å². The van der Waals surface area contributed by atoms with Gasteiger partial charge in [-0.1, -0.05) is 30.3 Å². The maximum atomic E-state index is 11.8. The molecule has 1 aliphatic rings. The van der Waals surface area contributed by atoms with Crippen LogP contribution in [0.5, 0.6) is 0 Å². The number of nitrogens with zero attached hydrogens (tertiary/aromatic N) is 1. The molecule has 2 aromatic carbocycles.